The highest BCUT2D eigenvalue weighted by atomic mass is 16.5. The van der Waals surface area contributed by atoms with Crippen LogP contribution in [0.15, 0.2) is 18.2 Å². The van der Waals surface area contributed by atoms with Gasteiger partial charge in [-0.3, -0.25) is 9.69 Å². The van der Waals surface area contributed by atoms with E-state index in [9.17, 15) is 9.90 Å². The Bertz CT molecular complexity index is 533. The van der Waals surface area contributed by atoms with Crippen molar-refractivity contribution in [1.29, 1.82) is 0 Å². The Labute approximate surface area is 130 Å². The molecule has 120 valence electrons. The molecule has 1 aromatic rings. The maximum Gasteiger partial charge on any atom is 0.223 e. The number of rotatable bonds is 6. The van der Waals surface area contributed by atoms with Crippen LogP contribution in [-0.2, 0) is 11.3 Å². The first kappa shape index (κ1) is 15.2. The Hall–Kier alpha value is -1.66. The normalized spacial score (nSPS) is 25.2. The number of aliphatic hydroxyl groups is 1. The van der Waals surface area contributed by atoms with Crippen LogP contribution < -0.4 is 10.1 Å². The lowest BCUT2D eigenvalue weighted by Gasteiger charge is -2.18. The van der Waals surface area contributed by atoms with E-state index in [1.165, 1.54) is 0 Å². The van der Waals surface area contributed by atoms with Crippen LogP contribution in [0.2, 0.25) is 0 Å². The van der Waals surface area contributed by atoms with Gasteiger partial charge in [0, 0.05) is 50.2 Å². The van der Waals surface area contributed by atoms with Crippen LogP contribution in [0.25, 0.3) is 0 Å². The number of amides is 1. The second kappa shape index (κ2) is 6.62. The Morgan fingerprint density at radius 3 is 2.95 bits per heavy atom. The van der Waals surface area contributed by atoms with Gasteiger partial charge in [0.2, 0.25) is 11.8 Å². The fraction of sp³-hybridized carbons (Fsp3) is 0.625. The van der Waals surface area contributed by atoms with Crippen LogP contribution >= 0.6 is 0 Å². The van der Waals surface area contributed by atoms with Gasteiger partial charge in [0.25, 0.3) is 0 Å². The van der Waals surface area contributed by atoms with Crippen molar-refractivity contribution in [2.45, 2.75) is 25.4 Å². The summed E-state index contributed by atoms with van der Waals surface area (Å²) in [5.41, 5.74) is 0.935. The molecular formula is C16H23N3O3. The van der Waals surface area contributed by atoms with Gasteiger partial charge in [-0.2, -0.15) is 0 Å². The number of aromatic nitrogens is 1. The van der Waals surface area contributed by atoms with Crippen molar-refractivity contribution in [3.05, 3.63) is 23.9 Å². The molecule has 6 heteroatoms. The minimum absolute atomic E-state index is 0.0312. The molecule has 2 N–H and O–H groups in total. The molecule has 3 rings (SSSR count). The predicted octanol–water partition coefficient (Wildman–Crippen LogP) is 0.409. The van der Waals surface area contributed by atoms with Crippen molar-refractivity contribution in [2.75, 3.05) is 26.8 Å². The molecule has 0 spiro atoms. The van der Waals surface area contributed by atoms with Gasteiger partial charge in [-0.05, 0) is 18.9 Å². The minimum atomic E-state index is 0.0312. The Balaban J connectivity index is 1.59. The zero-order chi connectivity index (χ0) is 15.5. The first-order valence-corrected chi connectivity index (χ1v) is 7.83. The molecule has 1 saturated heterocycles. The molecule has 2 fully saturated rings. The molecular weight excluding hydrogens is 282 g/mol. The van der Waals surface area contributed by atoms with Gasteiger partial charge in [-0.15, -0.1) is 0 Å². The molecule has 0 unspecified atom stereocenters. The van der Waals surface area contributed by atoms with E-state index in [0.29, 0.717) is 12.4 Å². The smallest absolute Gasteiger partial charge is 0.223 e. The third kappa shape index (κ3) is 3.56. The van der Waals surface area contributed by atoms with Gasteiger partial charge >= 0.3 is 0 Å². The highest BCUT2D eigenvalue weighted by Gasteiger charge is 2.37. The predicted molar refractivity (Wildman–Crippen MR) is 81.3 cm³/mol. The summed E-state index contributed by atoms with van der Waals surface area (Å²) in [4.78, 5) is 18.6. The van der Waals surface area contributed by atoms with Crippen LogP contribution in [0.3, 0.4) is 0 Å². The van der Waals surface area contributed by atoms with Crippen LogP contribution in [0.4, 0.5) is 0 Å². The maximum absolute atomic E-state index is 11.9. The highest BCUT2D eigenvalue weighted by Crippen LogP contribution is 2.30. The topological polar surface area (TPSA) is 74.7 Å². The van der Waals surface area contributed by atoms with Crippen molar-refractivity contribution in [2.24, 2.45) is 11.8 Å². The van der Waals surface area contributed by atoms with E-state index in [0.717, 1.165) is 31.6 Å². The molecule has 1 amide bonds. The van der Waals surface area contributed by atoms with Crippen LogP contribution in [-0.4, -0.2) is 53.7 Å². The molecule has 22 heavy (non-hydrogen) atoms. The van der Waals surface area contributed by atoms with Crippen molar-refractivity contribution < 1.29 is 14.6 Å². The van der Waals surface area contributed by atoms with E-state index < -0.39 is 0 Å². The fourth-order valence-electron chi connectivity index (χ4n) is 2.97. The van der Waals surface area contributed by atoms with Gasteiger partial charge in [0.1, 0.15) is 0 Å². The first-order chi connectivity index (χ1) is 10.7. The average molecular weight is 305 g/mol. The molecule has 1 aliphatic heterocycles. The number of nitrogens with zero attached hydrogens (tertiary/aromatic N) is 2. The SMILES string of the molecule is COc1cccc(CN2C[C@@H](CO)[C@H](NC(=O)C3CC3)C2)n1. The number of carbonyl (C=O) groups excluding carboxylic acids is 1. The molecule has 1 aromatic heterocycles. The van der Waals surface area contributed by atoms with E-state index in [-0.39, 0.29) is 30.4 Å². The quantitative estimate of drug-likeness (QED) is 0.796. The largest absolute Gasteiger partial charge is 0.481 e. The van der Waals surface area contributed by atoms with Crippen LogP contribution in [0.1, 0.15) is 18.5 Å². The third-order valence-corrected chi connectivity index (χ3v) is 4.40. The number of methoxy groups -OCH3 is 1. The summed E-state index contributed by atoms with van der Waals surface area (Å²) in [6, 6.07) is 5.74. The molecule has 0 aromatic carbocycles. The molecule has 2 atom stereocenters. The van der Waals surface area contributed by atoms with E-state index in [1.54, 1.807) is 7.11 Å². The second-order valence-corrected chi connectivity index (χ2v) is 6.20. The molecule has 2 heterocycles. The third-order valence-electron chi connectivity index (χ3n) is 4.40. The monoisotopic (exact) mass is 305 g/mol. The molecule has 6 nitrogen and oxygen atoms in total. The number of carbonyl (C=O) groups is 1. The van der Waals surface area contributed by atoms with Crippen molar-refractivity contribution >= 4 is 5.91 Å². The number of ether oxygens (including phenoxy) is 1. The molecule has 2 aliphatic rings. The first-order valence-electron chi connectivity index (χ1n) is 7.83. The van der Waals surface area contributed by atoms with Gasteiger partial charge in [-0.25, -0.2) is 4.98 Å². The summed E-state index contributed by atoms with van der Waals surface area (Å²) in [7, 11) is 1.60. The average Bonchev–Trinajstić information content (AvgIpc) is 3.31. The molecule has 1 saturated carbocycles. The molecule has 0 radical (unpaired) electrons. The maximum atomic E-state index is 11.9. The van der Waals surface area contributed by atoms with E-state index >= 15 is 0 Å². The zero-order valence-electron chi connectivity index (χ0n) is 12.9. The Kier molecular flexibility index (Phi) is 4.59. The lowest BCUT2D eigenvalue weighted by Crippen LogP contribution is -2.42. The van der Waals surface area contributed by atoms with Crippen molar-refractivity contribution in [3.8, 4) is 5.88 Å². The summed E-state index contributed by atoms with van der Waals surface area (Å²) in [6.07, 6.45) is 2.00. The van der Waals surface area contributed by atoms with Crippen LogP contribution in [0, 0.1) is 11.8 Å². The molecule has 0 bridgehead atoms. The second-order valence-electron chi connectivity index (χ2n) is 6.20. The summed E-state index contributed by atoms with van der Waals surface area (Å²) < 4.78 is 5.14. The van der Waals surface area contributed by atoms with Crippen molar-refractivity contribution in [1.82, 2.24) is 15.2 Å². The van der Waals surface area contributed by atoms with Crippen LogP contribution in [0.5, 0.6) is 5.88 Å². The number of nitrogens with one attached hydrogen (secondary N) is 1. The van der Waals surface area contributed by atoms with Gasteiger partial charge in [-0.1, -0.05) is 6.07 Å². The van der Waals surface area contributed by atoms with Gasteiger partial charge in [0.15, 0.2) is 0 Å². The highest BCUT2D eigenvalue weighted by molar-refractivity contribution is 5.81. The van der Waals surface area contributed by atoms with Gasteiger partial charge < -0.3 is 15.2 Å². The number of pyridine rings is 1. The summed E-state index contributed by atoms with van der Waals surface area (Å²) in [6.45, 7) is 2.31. The summed E-state index contributed by atoms with van der Waals surface area (Å²) in [5, 5.41) is 12.7. The lowest BCUT2D eigenvalue weighted by molar-refractivity contribution is -0.123. The number of hydrogen-bond donors (Lipinski definition) is 2. The Morgan fingerprint density at radius 2 is 2.27 bits per heavy atom. The fourth-order valence-corrected chi connectivity index (χ4v) is 2.97. The van der Waals surface area contributed by atoms with Crippen molar-refractivity contribution in [3.63, 3.8) is 0 Å². The van der Waals surface area contributed by atoms with E-state index in [2.05, 4.69) is 15.2 Å². The number of likely N-dealkylation sites (tertiary alicyclic amines) is 1. The minimum Gasteiger partial charge on any atom is -0.481 e. The zero-order valence-corrected chi connectivity index (χ0v) is 12.9. The van der Waals surface area contributed by atoms with Gasteiger partial charge in [0.05, 0.1) is 12.8 Å². The summed E-state index contributed by atoms with van der Waals surface area (Å²) in [5.74, 6) is 1.04. The van der Waals surface area contributed by atoms with E-state index in [1.807, 2.05) is 18.2 Å². The van der Waals surface area contributed by atoms with E-state index in [4.69, 9.17) is 4.74 Å². The standard InChI is InChI=1S/C16H23N3O3/c1-22-15-4-2-3-13(17-15)8-19-7-12(10-20)14(9-19)18-16(21)11-5-6-11/h2-4,11-12,14,20H,5-10H2,1H3,(H,18,21)/t12-,14+/m0/s1. The summed E-state index contributed by atoms with van der Waals surface area (Å²) >= 11 is 0. The number of hydrogen-bond acceptors (Lipinski definition) is 5. The Morgan fingerprint density at radius 1 is 1.45 bits per heavy atom. The molecule has 1 aliphatic carbocycles. The lowest BCUT2D eigenvalue weighted by atomic mass is 10.1. The number of aliphatic hydroxyl groups excluding tert-OH is 1.